The fraction of sp³-hybridized carbons (Fsp3) is 0.364. The molecule has 0 radical (unpaired) electrons. The molecule has 3 atom stereocenters. The Labute approximate surface area is 180 Å². The average Bonchev–Trinajstić information content (AvgIpc) is 3.41. The van der Waals surface area contributed by atoms with Crippen LogP contribution in [0.1, 0.15) is 53.7 Å². The third-order valence-electron chi connectivity index (χ3n) is 6.09. The number of aromatic nitrogens is 2. The number of halogens is 4. The molecule has 0 bridgehead atoms. The fourth-order valence-corrected chi connectivity index (χ4v) is 4.51. The maximum atomic E-state index is 13.8. The van der Waals surface area contributed by atoms with Gasteiger partial charge in [0.25, 0.3) is 5.91 Å². The van der Waals surface area contributed by atoms with Crippen molar-refractivity contribution in [2.24, 2.45) is 0 Å². The highest BCUT2D eigenvalue weighted by Crippen LogP contribution is 2.44. The van der Waals surface area contributed by atoms with E-state index in [4.69, 9.17) is 4.42 Å². The molecule has 0 aliphatic carbocycles. The largest absolute Gasteiger partial charge is 0.467 e. The second-order valence-electron chi connectivity index (χ2n) is 8.20. The predicted molar refractivity (Wildman–Crippen MR) is 108 cm³/mol. The summed E-state index contributed by atoms with van der Waals surface area (Å²) in [6, 6.07) is 5.91. The Hall–Kier alpha value is -3.30. The van der Waals surface area contributed by atoms with Gasteiger partial charge in [0.15, 0.2) is 11.7 Å². The van der Waals surface area contributed by atoms with E-state index in [-0.39, 0.29) is 24.0 Å². The highest BCUT2D eigenvalue weighted by Gasteiger charge is 2.47. The number of nitrogens with zero attached hydrogens (tertiary/aromatic N) is 3. The van der Waals surface area contributed by atoms with Gasteiger partial charge in [0.1, 0.15) is 17.4 Å². The summed E-state index contributed by atoms with van der Waals surface area (Å²) in [7, 11) is 0. The molecule has 2 aliphatic rings. The van der Waals surface area contributed by atoms with Crippen LogP contribution in [0.2, 0.25) is 0 Å². The van der Waals surface area contributed by atoms with Crippen LogP contribution < -0.4 is 10.2 Å². The number of carbonyl (C=O) groups excluding carboxylic acids is 1. The first kappa shape index (κ1) is 20.6. The van der Waals surface area contributed by atoms with Gasteiger partial charge in [0, 0.05) is 24.2 Å². The van der Waals surface area contributed by atoms with Crippen LogP contribution in [-0.2, 0) is 6.42 Å². The molecular weight excluding hydrogens is 428 g/mol. The summed E-state index contributed by atoms with van der Waals surface area (Å²) in [5.74, 6) is -0.457. The third kappa shape index (κ3) is 3.43. The number of hydrogen-bond acceptors (Lipinski definition) is 4. The van der Waals surface area contributed by atoms with E-state index in [1.54, 1.807) is 12.1 Å². The molecule has 5 rings (SSSR count). The molecule has 0 spiro atoms. The predicted octanol–water partition coefficient (Wildman–Crippen LogP) is 5.26. The van der Waals surface area contributed by atoms with Crippen LogP contribution in [0.4, 0.5) is 29.1 Å². The van der Waals surface area contributed by atoms with Crippen LogP contribution in [0.5, 0.6) is 0 Å². The van der Waals surface area contributed by atoms with Gasteiger partial charge >= 0.3 is 6.18 Å². The van der Waals surface area contributed by atoms with Crippen molar-refractivity contribution in [3.05, 3.63) is 65.5 Å². The van der Waals surface area contributed by atoms with E-state index >= 15 is 0 Å². The number of furan rings is 1. The summed E-state index contributed by atoms with van der Waals surface area (Å²) in [5.41, 5.74) is 1.13. The molecule has 32 heavy (non-hydrogen) atoms. The Morgan fingerprint density at radius 1 is 1.25 bits per heavy atom. The molecular formula is C22H20F4N4O2. The van der Waals surface area contributed by atoms with Crippen molar-refractivity contribution in [1.82, 2.24) is 9.78 Å². The monoisotopic (exact) mass is 448 g/mol. The number of alkyl halides is 3. The molecule has 6 nitrogen and oxygen atoms in total. The summed E-state index contributed by atoms with van der Waals surface area (Å²) in [5, 5.41) is 7.06. The van der Waals surface area contributed by atoms with Gasteiger partial charge in [0.2, 0.25) is 0 Å². The Bertz CT molecular complexity index is 1160. The van der Waals surface area contributed by atoms with Crippen molar-refractivity contribution in [3.8, 4) is 0 Å². The van der Waals surface area contributed by atoms with Gasteiger partial charge in [-0.2, -0.15) is 18.3 Å². The van der Waals surface area contributed by atoms with Crippen LogP contribution in [0.25, 0.3) is 0 Å². The number of aryl methyl sites for hydroxylation is 1. The van der Waals surface area contributed by atoms with Gasteiger partial charge in [-0.05, 0) is 55.7 Å². The van der Waals surface area contributed by atoms with Gasteiger partial charge < -0.3 is 14.6 Å². The van der Waals surface area contributed by atoms with Crippen molar-refractivity contribution >= 4 is 17.4 Å². The first-order valence-electron chi connectivity index (χ1n) is 10.3. The minimum atomic E-state index is -4.56. The molecule has 2 aromatic heterocycles. The number of carbonyl (C=O) groups is 1. The molecule has 1 amide bonds. The number of hydrogen-bond donors (Lipinski definition) is 1. The zero-order valence-corrected chi connectivity index (χ0v) is 17.1. The minimum Gasteiger partial charge on any atom is -0.467 e. The van der Waals surface area contributed by atoms with Crippen molar-refractivity contribution in [2.45, 2.75) is 50.5 Å². The standard InChI is InChI=1S/C22H20F4N4O2/c1-12-4-5-13-9-14(23)6-7-17(13)29(12)21(31)16-11-20-27-15(18-3-2-8-32-18)10-19(22(24,25)26)30(20)28-16/h2-3,6-9,11-12,15,19,27H,4-5,10H2,1H3/t12-,15-,19+/m1/s1. The number of rotatable bonds is 2. The van der Waals surface area contributed by atoms with Gasteiger partial charge in [0.05, 0.1) is 12.3 Å². The van der Waals surface area contributed by atoms with Crippen LogP contribution in [-0.4, -0.2) is 27.9 Å². The van der Waals surface area contributed by atoms with Crippen molar-refractivity contribution in [1.29, 1.82) is 0 Å². The van der Waals surface area contributed by atoms with Crippen LogP contribution in [0.3, 0.4) is 0 Å². The van der Waals surface area contributed by atoms with Crippen molar-refractivity contribution < 1.29 is 26.8 Å². The molecule has 1 aromatic carbocycles. The first-order valence-corrected chi connectivity index (χ1v) is 10.3. The van der Waals surface area contributed by atoms with Crippen LogP contribution >= 0.6 is 0 Å². The van der Waals surface area contributed by atoms with E-state index in [0.29, 0.717) is 29.9 Å². The quantitative estimate of drug-likeness (QED) is 0.544. The highest BCUT2D eigenvalue weighted by molar-refractivity contribution is 6.06. The van der Waals surface area contributed by atoms with E-state index in [0.717, 1.165) is 4.68 Å². The third-order valence-corrected chi connectivity index (χ3v) is 6.09. The SMILES string of the molecule is C[C@@H]1CCc2cc(F)ccc2N1C(=O)c1cc2n(n1)[C@H](C(F)(F)F)C[C@H](c1ccco1)N2. The zero-order chi connectivity index (χ0) is 22.6. The maximum Gasteiger partial charge on any atom is 0.410 e. The van der Waals surface area contributed by atoms with Crippen LogP contribution in [0, 0.1) is 5.82 Å². The van der Waals surface area contributed by atoms with Gasteiger partial charge in [-0.3, -0.25) is 4.79 Å². The lowest BCUT2D eigenvalue weighted by atomic mass is 9.96. The highest BCUT2D eigenvalue weighted by atomic mass is 19.4. The summed E-state index contributed by atoms with van der Waals surface area (Å²) in [6.07, 6.45) is -2.25. The first-order chi connectivity index (χ1) is 15.2. The van der Waals surface area contributed by atoms with Crippen LogP contribution in [0.15, 0.2) is 47.1 Å². The Balaban J connectivity index is 1.52. The number of amides is 1. The van der Waals surface area contributed by atoms with E-state index in [1.807, 2.05) is 6.92 Å². The summed E-state index contributed by atoms with van der Waals surface area (Å²) in [4.78, 5) is 14.9. The van der Waals surface area contributed by atoms with Gasteiger partial charge in [-0.15, -0.1) is 0 Å². The number of anilines is 2. The number of fused-ring (bicyclic) bond motifs is 2. The average molecular weight is 448 g/mol. The second-order valence-corrected chi connectivity index (χ2v) is 8.20. The number of benzene rings is 1. The molecule has 3 aromatic rings. The van der Waals surface area contributed by atoms with E-state index in [2.05, 4.69) is 10.4 Å². The summed E-state index contributed by atoms with van der Waals surface area (Å²) < 4.78 is 61.3. The smallest absolute Gasteiger partial charge is 0.410 e. The molecule has 0 unspecified atom stereocenters. The number of nitrogens with one attached hydrogen (secondary N) is 1. The lowest BCUT2D eigenvalue weighted by Gasteiger charge is -2.34. The molecule has 0 fully saturated rings. The zero-order valence-electron chi connectivity index (χ0n) is 17.1. The lowest BCUT2D eigenvalue weighted by molar-refractivity contribution is -0.174. The van der Waals surface area contributed by atoms with Crippen molar-refractivity contribution in [3.63, 3.8) is 0 Å². The Morgan fingerprint density at radius 3 is 2.78 bits per heavy atom. The normalized spacial score (nSPS) is 22.8. The van der Waals surface area contributed by atoms with Crippen molar-refractivity contribution in [2.75, 3.05) is 10.2 Å². The second kappa shape index (κ2) is 7.39. The van der Waals surface area contributed by atoms with Gasteiger partial charge in [-0.25, -0.2) is 9.07 Å². The summed E-state index contributed by atoms with van der Waals surface area (Å²) in [6.45, 7) is 1.85. The molecule has 10 heteroatoms. The molecule has 0 saturated carbocycles. The summed E-state index contributed by atoms with van der Waals surface area (Å²) >= 11 is 0. The lowest BCUT2D eigenvalue weighted by Crippen LogP contribution is -2.42. The molecule has 4 heterocycles. The molecule has 0 saturated heterocycles. The fourth-order valence-electron chi connectivity index (χ4n) is 4.51. The van der Waals surface area contributed by atoms with E-state index in [1.165, 1.54) is 35.4 Å². The molecule has 168 valence electrons. The Kier molecular flexibility index (Phi) is 4.75. The molecule has 1 N–H and O–H groups in total. The van der Waals surface area contributed by atoms with E-state index < -0.39 is 30.0 Å². The van der Waals surface area contributed by atoms with Gasteiger partial charge in [-0.1, -0.05) is 0 Å². The van der Waals surface area contributed by atoms with E-state index in [9.17, 15) is 22.4 Å². The molecule has 2 aliphatic heterocycles. The Morgan fingerprint density at radius 2 is 2.06 bits per heavy atom. The maximum absolute atomic E-state index is 13.8. The minimum absolute atomic E-state index is 0.0901. The topological polar surface area (TPSA) is 63.3 Å².